The van der Waals surface area contributed by atoms with Crippen LogP contribution in [0.25, 0.3) is 11.9 Å². The van der Waals surface area contributed by atoms with Gasteiger partial charge in [0.1, 0.15) is 6.33 Å². The van der Waals surface area contributed by atoms with E-state index in [1.807, 2.05) is 0 Å². The molecule has 6 nitrogen and oxygen atoms in total. The summed E-state index contributed by atoms with van der Waals surface area (Å²) in [4.78, 5) is 2.68. The fraction of sp³-hybridized carbons (Fsp3) is 0.125. The lowest BCUT2D eigenvalue weighted by Crippen LogP contribution is -2.28. The number of tetrazole rings is 1. The molecular formula is C16H12N6S2. The normalized spacial score (nSPS) is 15.5. The van der Waals surface area contributed by atoms with Crippen LogP contribution >= 0.6 is 22.7 Å². The van der Waals surface area contributed by atoms with Gasteiger partial charge < -0.3 is 0 Å². The van der Waals surface area contributed by atoms with E-state index < -0.39 is 0 Å². The highest BCUT2D eigenvalue weighted by atomic mass is 32.1. The largest absolute Gasteiger partial charge is 0.280 e. The van der Waals surface area contributed by atoms with Crippen LogP contribution in [0.15, 0.2) is 47.4 Å². The van der Waals surface area contributed by atoms with Gasteiger partial charge in [-0.2, -0.15) is 9.78 Å². The molecule has 118 valence electrons. The van der Waals surface area contributed by atoms with Crippen LogP contribution in [-0.4, -0.2) is 30.4 Å². The van der Waals surface area contributed by atoms with E-state index in [4.69, 9.17) is 0 Å². The van der Waals surface area contributed by atoms with Gasteiger partial charge in [0.05, 0.1) is 5.41 Å². The van der Waals surface area contributed by atoms with Crippen LogP contribution in [0.4, 0.5) is 0 Å². The van der Waals surface area contributed by atoms with Crippen molar-refractivity contribution in [2.75, 3.05) is 0 Å². The molecule has 1 N–H and O–H groups in total. The Balaban J connectivity index is 1.66. The van der Waals surface area contributed by atoms with Gasteiger partial charge in [-0.15, -0.1) is 27.8 Å². The lowest BCUT2D eigenvalue weighted by Gasteiger charge is -2.31. The van der Waals surface area contributed by atoms with E-state index in [0.717, 1.165) is 23.5 Å². The molecule has 4 aromatic rings. The average molecular weight is 352 g/mol. The van der Waals surface area contributed by atoms with Gasteiger partial charge in [-0.05, 0) is 33.3 Å². The summed E-state index contributed by atoms with van der Waals surface area (Å²) in [5.74, 6) is 0.734. The summed E-state index contributed by atoms with van der Waals surface area (Å²) in [6.45, 7) is 0. The molecule has 0 amide bonds. The highest BCUT2D eigenvalue weighted by Gasteiger charge is 2.38. The molecule has 0 atom stereocenters. The van der Waals surface area contributed by atoms with Crippen LogP contribution in [0.2, 0.25) is 0 Å². The summed E-state index contributed by atoms with van der Waals surface area (Å²) in [6.07, 6.45) is 6.83. The molecule has 0 spiro atoms. The molecule has 0 saturated carbocycles. The topological polar surface area (TPSA) is 72.3 Å². The van der Waals surface area contributed by atoms with Gasteiger partial charge in [0.2, 0.25) is 0 Å². The van der Waals surface area contributed by atoms with E-state index in [1.165, 1.54) is 9.75 Å². The highest BCUT2D eigenvalue weighted by Crippen LogP contribution is 2.45. The third-order valence-electron chi connectivity index (χ3n) is 4.34. The third-order valence-corrected chi connectivity index (χ3v) is 6.44. The maximum absolute atomic E-state index is 4.42. The Kier molecular flexibility index (Phi) is 3.00. The maximum atomic E-state index is 4.42. The number of hydrogen-bond donors (Lipinski definition) is 1. The molecule has 0 aromatic carbocycles. The Morgan fingerprint density at radius 1 is 1.12 bits per heavy atom. The number of nitrogens with one attached hydrogen (secondary N) is 1. The second-order valence-electron chi connectivity index (χ2n) is 5.63. The van der Waals surface area contributed by atoms with Crippen molar-refractivity contribution in [1.29, 1.82) is 0 Å². The summed E-state index contributed by atoms with van der Waals surface area (Å²) in [5.41, 5.74) is 2.01. The van der Waals surface area contributed by atoms with Gasteiger partial charge in [-0.1, -0.05) is 24.3 Å². The minimum absolute atomic E-state index is 0.139. The van der Waals surface area contributed by atoms with Crippen molar-refractivity contribution in [3.63, 3.8) is 0 Å². The molecule has 24 heavy (non-hydrogen) atoms. The van der Waals surface area contributed by atoms with Crippen LogP contribution in [0.5, 0.6) is 0 Å². The SMILES string of the molecule is C1=CC(c2cccs2)(c2cccs2)Cc2[nH]nc(-n3cnnn3)c21. The number of rotatable bonds is 3. The van der Waals surface area contributed by atoms with Crippen molar-refractivity contribution in [3.8, 4) is 5.82 Å². The van der Waals surface area contributed by atoms with Crippen molar-refractivity contribution in [1.82, 2.24) is 30.4 Å². The molecule has 4 heterocycles. The molecule has 0 fully saturated rings. The van der Waals surface area contributed by atoms with Gasteiger partial charge in [0.15, 0.2) is 5.82 Å². The summed E-state index contributed by atoms with van der Waals surface area (Å²) in [7, 11) is 0. The Morgan fingerprint density at radius 2 is 1.92 bits per heavy atom. The number of nitrogens with zero attached hydrogens (tertiary/aromatic N) is 5. The predicted octanol–water partition coefficient (Wildman–Crippen LogP) is 3.06. The van der Waals surface area contributed by atoms with E-state index >= 15 is 0 Å². The fourth-order valence-electron chi connectivity index (χ4n) is 3.21. The lowest BCUT2D eigenvalue weighted by atomic mass is 9.76. The van der Waals surface area contributed by atoms with E-state index in [9.17, 15) is 0 Å². The first-order chi connectivity index (χ1) is 11.9. The van der Waals surface area contributed by atoms with E-state index in [1.54, 1.807) is 33.7 Å². The standard InChI is InChI=1S/C16H12N6S2/c1-3-13(23-7-1)16(14-4-2-8-24-14)6-5-11-12(9-16)18-19-15(11)22-10-17-20-21-22/h1-8,10H,9H2,(H,18,19). The van der Waals surface area contributed by atoms with Crippen LogP contribution in [0.3, 0.4) is 0 Å². The zero-order valence-electron chi connectivity index (χ0n) is 12.5. The summed E-state index contributed by atoms with van der Waals surface area (Å²) < 4.78 is 1.59. The number of fused-ring (bicyclic) bond motifs is 1. The molecule has 1 aliphatic rings. The summed E-state index contributed by atoms with van der Waals surface area (Å²) in [5, 5.41) is 23.2. The molecule has 0 unspecified atom stereocenters. The fourth-order valence-corrected chi connectivity index (χ4v) is 5.11. The maximum Gasteiger partial charge on any atom is 0.185 e. The molecule has 8 heteroatoms. The predicted molar refractivity (Wildman–Crippen MR) is 93.5 cm³/mol. The first-order valence-electron chi connectivity index (χ1n) is 7.45. The molecule has 4 aromatic heterocycles. The number of H-pyrrole nitrogens is 1. The molecular weight excluding hydrogens is 340 g/mol. The summed E-state index contributed by atoms with van der Waals surface area (Å²) >= 11 is 3.58. The number of thiophene rings is 2. The van der Waals surface area contributed by atoms with Crippen LogP contribution < -0.4 is 0 Å². The van der Waals surface area contributed by atoms with Crippen LogP contribution in [0.1, 0.15) is 21.0 Å². The van der Waals surface area contributed by atoms with Gasteiger partial charge in [0.25, 0.3) is 0 Å². The Bertz CT molecular complexity index is 946. The Labute approximate surface area is 145 Å². The second-order valence-corrected chi connectivity index (χ2v) is 7.53. The van der Waals surface area contributed by atoms with Crippen molar-refractivity contribution in [3.05, 3.63) is 68.4 Å². The van der Waals surface area contributed by atoms with Crippen molar-refractivity contribution >= 4 is 28.7 Å². The van der Waals surface area contributed by atoms with Crippen molar-refractivity contribution in [2.24, 2.45) is 0 Å². The lowest BCUT2D eigenvalue weighted by molar-refractivity contribution is 0.645. The monoisotopic (exact) mass is 352 g/mol. The zero-order valence-corrected chi connectivity index (χ0v) is 14.1. The number of allylic oxidation sites excluding steroid dienone is 1. The van der Waals surface area contributed by atoms with Crippen molar-refractivity contribution < 1.29 is 0 Å². The number of aromatic amines is 1. The van der Waals surface area contributed by atoms with Crippen LogP contribution in [0, 0.1) is 0 Å². The van der Waals surface area contributed by atoms with E-state index in [2.05, 4.69) is 72.9 Å². The minimum Gasteiger partial charge on any atom is -0.280 e. The number of hydrogen-bond acceptors (Lipinski definition) is 6. The van der Waals surface area contributed by atoms with Gasteiger partial charge in [-0.25, -0.2) is 0 Å². The first-order valence-corrected chi connectivity index (χ1v) is 9.20. The highest BCUT2D eigenvalue weighted by molar-refractivity contribution is 7.11. The Morgan fingerprint density at radius 3 is 2.54 bits per heavy atom. The van der Waals surface area contributed by atoms with Crippen LogP contribution in [-0.2, 0) is 11.8 Å². The second kappa shape index (κ2) is 5.22. The molecule has 1 aliphatic carbocycles. The molecule has 0 bridgehead atoms. The minimum atomic E-state index is -0.139. The Hall–Kier alpha value is -2.58. The average Bonchev–Trinajstić information content (AvgIpc) is 3.43. The van der Waals surface area contributed by atoms with E-state index in [-0.39, 0.29) is 5.41 Å². The number of aromatic nitrogens is 6. The van der Waals surface area contributed by atoms with Gasteiger partial charge in [0, 0.05) is 27.4 Å². The molecule has 0 saturated heterocycles. The zero-order chi connectivity index (χ0) is 16.0. The summed E-state index contributed by atoms with van der Waals surface area (Å²) in [6, 6.07) is 8.63. The third kappa shape index (κ3) is 1.93. The van der Waals surface area contributed by atoms with E-state index in [0.29, 0.717) is 0 Å². The van der Waals surface area contributed by atoms with Gasteiger partial charge >= 0.3 is 0 Å². The quantitative estimate of drug-likeness (QED) is 0.615. The van der Waals surface area contributed by atoms with Gasteiger partial charge in [-0.3, -0.25) is 5.10 Å². The first kappa shape index (κ1) is 13.8. The smallest absolute Gasteiger partial charge is 0.185 e. The molecule has 0 aliphatic heterocycles. The van der Waals surface area contributed by atoms with Crippen molar-refractivity contribution in [2.45, 2.75) is 11.8 Å². The molecule has 0 radical (unpaired) electrons. The molecule has 5 rings (SSSR count).